The number of rotatable bonds is 7. The molecule has 144 valence electrons. The molecule has 3 amide bonds. The molecule has 0 unspecified atom stereocenters. The predicted octanol–water partition coefficient (Wildman–Crippen LogP) is 3.44. The lowest BCUT2D eigenvalue weighted by Gasteiger charge is -2.14. The first-order valence-electron chi connectivity index (χ1n) is 8.51. The number of thioether (sulfide) groups is 1. The zero-order valence-electron chi connectivity index (χ0n) is 15.1. The van der Waals surface area contributed by atoms with Crippen LogP contribution in [0.3, 0.4) is 0 Å². The van der Waals surface area contributed by atoms with E-state index in [4.69, 9.17) is 0 Å². The molecular formula is C19H19N5O2S2. The summed E-state index contributed by atoms with van der Waals surface area (Å²) in [5.74, 6) is -0.412. The number of benzene rings is 2. The number of carbonyl (C=O) groups is 2. The largest absolute Gasteiger partial charge is 0.356 e. The molecule has 3 aromatic rings. The second-order valence-electron chi connectivity index (χ2n) is 5.69. The number of urea groups is 1. The van der Waals surface area contributed by atoms with Crippen molar-refractivity contribution in [3.63, 3.8) is 0 Å². The number of anilines is 1. The van der Waals surface area contributed by atoms with Crippen LogP contribution in [0.1, 0.15) is 16.4 Å². The molecule has 0 bridgehead atoms. The van der Waals surface area contributed by atoms with Crippen molar-refractivity contribution in [3.8, 4) is 0 Å². The summed E-state index contributed by atoms with van der Waals surface area (Å²) < 4.78 is 0.636. The normalized spacial score (nSPS) is 11.5. The molecule has 2 aromatic carbocycles. The highest BCUT2D eigenvalue weighted by Crippen LogP contribution is 2.38. The number of amides is 3. The summed E-state index contributed by atoms with van der Waals surface area (Å²) >= 11 is 2.62. The van der Waals surface area contributed by atoms with Gasteiger partial charge in [0.1, 0.15) is 5.25 Å². The van der Waals surface area contributed by atoms with Crippen molar-refractivity contribution < 1.29 is 9.59 Å². The Kier molecular flexibility index (Phi) is 6.99. The molecule has 9 heteroatoms. The van der Waals surface area contributed by atoms with E-state index in [1.807, 2.05) is 60.7 Å². The number of hydrogen-bond acceptors (Lipinski definition) is 7. The minimum absolute atomic E-state index is 0.412. The maximum Gasteiger partial charge on any atom is 0.321 e. The van der Waals surface area contributed by atoms with E-state index in [2.05, 4.69) is 26.1 Å². The molecule has 0 spiro atoms. The molecular weight excluding hydrogens is 394 g/mol. The first-order chi connectivity index (χ1) is 13.7. The van der Waals surface area contributed by atoms with Crippen LogP contribution in [-0.4, -0.2) is 29.2 Å². The van der Waals surface area contributed by atoms with Gasteiger partial charge in [-0.3, -0.25) is 10.1 Å². The SMILES string of the molecule is CNC(=O)NC(=O)[C@H](Sc1nnc(NCc2ccccc2)s1)c1ccccc1. The lowest BCUT2D eigenvalue weighted by Crippen LogP contribution is -2.39. The van der Waals surface area contributed by atoms with Crippen LogP contribution in [0.15, 0.2) is 65.0 Å². The van der Waals surface area contributed by atoms with Gasteiger partial charge in [-0.2, -0.15) is 0 Å². The average molecular weight is 414 g/mol. The van der Waals surface area contributed by atoms with Crippen LogP contribution in [0.2, 0.25) is 0 Å². The minimum Gasteiger partial charge on any atom is -0.356 e. The van der Waals surface area contributed by atoms with Crippen molar-refractivity contribution in [1.82, 2.24) is 20.8 Å². The van der Waals surface area contributed by atoms with E-state index in [0.29, 0.717) is 16.0 Å². The first-order valence-corrected chi connectivity index (χ1v) is 10.2. The third-order valence-corrected chi connectivity index (χ3v) is 5.94. The maximum absolute atomic E-state index is 12.6. The molecule has 3 rings (SSSR count). The number of carbonyl (C=O) groups excluding carboxylic acids is 2. The van der Waals surface area contributed by atoms with Crippen LogP contribution in [0.4, 0.5) is 9.93 Å². The van der Waals surface area contributed by atoms with Gasteiger partial charge in [0.15, 0.2) is 4.34 Å². The van der Waals surface area contributed by atoms with Crippen molar-refractivity contribution in [2.24, 2.45) is 0 Å². The fourth-order valence-electron chi connectivity index (χ4n) is 2.34. The first kappa shape index (κ1) is 19.8. The molecule has 3 N–H and O–H groups in total. The van der Waals surface area contributed by atoms with Gasteiger partial charge in [-0.05, 0) is 11.1 Å². The summed E-state index contributed by atoms with van der Waals surface area (Å²) in [4.78, 5) is 24.1. The number of imide groups is 1. The van der Waals surface area contributed by atoms with Crippen molar-refractivity contribution in [2.75, 3.05) is 12.4 Å². The maximum atomic E-state index is 12.6. The molecule has 0 radical (unpaired) electrons. The van der Waals surface area contributed by atoms with Crippen LogP contribution in [0, 0.1) is 0 Å². The summed E-state index contributed by atoms with van der Waals surface area (Å²) in [6.07, 6.45) is 0. The second kappa shape index (κ2) is 9.86. The molecule has 1 aromatic heterocycles. The fraction of sp³-hybridized carbons (Fsp3) is 0.158. The topological polar surface area (TPSA) is 96.0 Å². The van der Waals surface area contributed by atoms with Gasteiger partial charge < -0.3 is 10.6 Å². The van der Waals surface area contributed by atoms with Crippen LogP contribution >= 0.6 is 23.1 Å². The molecule has 28 heavy (non-hydrogen) atoms. The van der Waals surface area contributed by atoms with Gasteiger partial charge in [0.2, 0.25) is 11.0 Å². The van der Waals surface area contributed by atoms with E-state index in [0.717, 1.165) is 11.1 Å². The third-order valence-electron chi connectivity index (χ3n) is 3.72. The molecule has 0 saturated heterocycles. The van der Waals surface area contributed by atoms with Gasteiger partial charge in [-0.25, -0.2) is 4.79 Å². The van der Waals surface area contributed by atoms with Crippen molar-refractivity contribution in [2.45, 2.75) is 16.1 Å². The lowest BCUT2D eigenvalue weighted by atomic mass is 10.1. The highest BCUT2D eigenvalue weighted by molar-refractivity contribution is 8.01. The Morgan fingerprint density at radius 3 is 2.39 bits per heavy atom. The second-order valence-corrected chi connectivity index (χ2v) is 8.02. The van der Waals surface area contributed by atoms with Crippen LogP contribution in [0.5, 0.6) is 0 Å². The van der Waals surface area contributed by atoms with Gasteiger partial charge in [-0.1, -0.05) is 83.8 Å². The lowest BCUT2D eigenvalue weighted by molar-refractivity contribution is -0.119. The molecule has 0 aliphatic carbocycles. The van der Waals surface area contributed by atoms with Gasteiger partial charge in [0.05, 0.1) is 0 Å². The molecule has 0 aliphatic heterocycles. The summed E-state index contributed by atoms with van der Waals surface area (Å²) in [5, 5.41) is 16.3. The fourth-order valence-corrected chi connectivity index (χ4v) is 4.28. The summed E-state index contributed by atoms with van der Waals surface area (Å²) in [6, 6.07) is 18.7. The quantitative estimate of drug-likeness (QED) is 0.514. The molecule has 0 fully saturated rings. The zero-order valence-corrected chi connectivity index (χ0v) is 16.7. The van der Waals surface area contributed by atoms with Crippen molar-refractivity contribution >= 4 is 40.2 Å². The monoisotopic (exact) mass is 413 g/mol. The molecule has 1 heterocycles. The Balaban J connectivity index is 1.69. The number of nitrogens with zero attached hydrogens (tertiary/aromatic N) is 2. The van der Waals surface area contributed by atoms with Crippen LogP contribution in [0.25, 0.3) is 0 Å². The molecule has 0 aliphatic rings. The Labute approximate surface area is 171 Å². The van der Waals surface area contributed by atoms with Gasteiger partial charge in [0.25, 0.3) is 0 Å². The Morgan fingerprint density at radius 1 is 1.04 bits per heavy atom. The minimum atomic E-state index is -0.617. The summed E-state index contributed by atoms with van der Waals surface area (Å²) in [6.45, 7) is 0.638. The smallest absolute Gasteiger partial charge is 0.321 e. The van der Waals surface area contributed by atoms with Gasteiger partial charge >= 0.3 is 6.03 Å². The summed E-state index contributed by atoms with van der Waals surface area (Å²) in [7, 11) is 1.46. The van der Waals surface area contributed by atoms with E-state index >= 15 is 0 Å². The molecule has 1 atom stereocenters. The summed E-state index contributed by atoms with van der Waals surface area (Å²) in [5.41, 5.74) is 1.92. The van der Waals surface area contributed by atoms with Crippen molar-refractivity contribution in [1.29, 1.82) is 0 Å². The van der Waals surface area contributed by atoms with E-state index in [1.165, 1.54) is 30.1 Å². The van der Waals surface area contributed by atoms with Crippen LogP contribution < -0.4 is 16.0 Å². The number of hydrogen-bond donors (Lipinski definition) is 3. The Hall–Kier alpha value is -2.91. The Bertz CT molecular complexity index is 918. The van der Waals surface area contributed by atoms with E-state index < -0.39 is 17.2 Å². The van der Waals surface area contributed by atoms with E-state index in [9.17, 15) is 9.59 Å². The van der Waals surface area contributed by atoms with Gasteiger partial charge in [0, 0.05) is 13.6 Å². The molecule has 7 nitrogen and oxygen atoms in total. The average Bonchev–Trinajstić information content (AvgIpc) is 3.19. The zero-order chi connectivity index (χ0) is 19.8. The highest BCUT2D eigenvalue weighted by atomic mass is 32.2. The van der Waals surface area contributed by atoms with E-state index in [1.54, 1.807) is 0 Å². The third kappa shape index (κ3) is 5.54. The van der Waals surface area contributed by atoms with E-state index in [-0.39, 0.29) is 0 Å². The number of aromatic nitrogens is 2. The standard InChI is InChI=1S/C19H19N5O2S2/c1-20-17(26)22-16(25)15(14-10-6-3-7-11-14)27-19-24-23-18(28-19)21-12-13-8-4-2-5-9-13/h2-11,15H,12H2,1H3,(H,21,23)(H2,20,22,25,26)/t15-/m1/s1. The Morgan fingerprint density at radius 2 is 1.71 bits per heavy atom. The van der Waals surface area contributed by atoms with Crippen LogP contribution in [-0.2, 0) is 11.3 Å². The highest BCUT2D eigenvalue weighted by Gasteiger charge is 2.25. The molecule has 0 saturated carbocycles. The number of nitrogens with one attached hydrogen (secondary N) is 3. The van der Waals surface area contributed by atoms with Gasteiger partial charge in [-0.15, -0.1) is 10.2 Å². The van der Waals surface area contributed by atoms with Crippen molar-refractivity contribution in [3.05, 3.63) is 71.8 Å². The predicted molar refractivity (Wildman–Crippen MR) is 111 cm³/mol.